The number of halogens is 3. The zero-order chi connectivity index (χ0) is 19.7. The maximum atomic E-state index is 11.5. The first-order valence-corrected chi connectivity index (χ1v) is 8.84. The average molecular weight is 348 g/mol. The Labute approximate surface area is 144 Å². The predicted molar refractivity (Wildman–Crippen MR) is 100 cm³/mol. The summed E-state index contributed by atoms with van der Waals surface area (Å²) in [6.45, 7) is 14.9. The molecule has 0 rings (SSSR count). The highest BCUT2D eigenvalue weighted by Crippen LogP contribution is 2.21. The van der Waals surface area contributed by atoms with Gasteiger partial charge in [-0.05, 0) is 47.6 Å². The smallest absolute Gasteiger partial charge is 0.320 e. The average Bonchev–Trinajstić information content (AvgIpc) is 2.55. The summed E-state index contributed by atoms with van der Waals surface area (Å²) in [7, 11) is 7.83. The van der Waals surface area contributed by atoms with Crippen molar-refractivity contribution in [2.45, 2.75) is 67.0 Å². The van der Waals surface area contributed by atoms with Crippen LogP contribution in [0.15, 0.2) is 0 Å². The molecule has 0 aliphatic heterocycles. The van der Waals surface area contributed by atoms with Crippen LogP contribution in [0.1, 0.15) is 60.8 Å². The molecule has 0 saturated heterocycles. The van der Waals surface area contributed by atoms with Gasteiger partial charge in [0.1, 0.15) is 0 Å². The molecule has 148 valence electrons. The van der Waals surface area contributed by atoms with E-state index in [4.69, 9.17) is 0 Å². The number of nitrogens with zero attached hydrogens (tertiary/aromatic N) is 1. The highest BCUT2D eigenvalue weighted by molar-refractivity contribution is 4.51. The van der Waals surface area contributed by atoms with Crippen molar-refractivity contribution in [1.82, 2.24) is 15.5 Å². The second-order valence-electron chi connectivity index (χ2n) is 4.08. The number of alkyl halides is 3. The summed E-state index contributed by atoms with van der Waals surface area (Å²) in [6, 6.07) is 0. The van der Waals surface area contributed by atoms with E-state index in [0.717, 1.165) is 13.1 Å². The number of nitrogens with one attached hydrogen (secondary N) is 2. The molecule has 0 radical (unpaired) electrons. The lowest BCUT2D eigenvalue weighted by atomic mass is 10.2. The van der Waals surface area contributed by atoms with Gasteiger partial charge in [-0.15, -0.1) is 0 Å². The summed E-state index contributed by atoms with van der Waals surface area (Å²) in [6.07, 6.45) is -3.82. The number of unbranched alkanes of at least 4 members (excludes halogenated alkanes) is 1. The summed E-state index contributed by atoms with van der Waals surface area (Å²) in [5.74, 6) is 0. The Kier molecular flexibility index (Phi) is 49.4. The van der Waals surface area contributed by atoms with Crippen LogP contribution in [0.5, 0.6) is 0 Å². The number of hydrogen-bond donors (Lipinski definition) is 2. The Hall–Kier alpha value is -0.330. The second-order valence-corrected chi connectivity index (χ2v) is 4.08. The molecule has 0 heterocycles. The van der Waals surface area contributed by atoms with Gasteiger partial charge in [0.25, 0.3) is 0 Å². The van der Waals surface area contributed by atoms with Gasteiger partial charge < -0.3 is 15.5 Å². The summed E-state index contributed by atoms with van der Waals surface area (Å²) in [5, 5.41) is 5.84. The molecule has 3 nitrogen and oxygen atoms in total. The van der Waals surface area contributed by atoms with E-state index in [-0.39, 0.29) is 6.42 Å². The van der Waals surface area contributed by atoms with Crippen molar-refractivity contribution in [2.24, 2.45) is 0 Å². The molecule has 0 aromatic rings. The molecule has 0 amide bonds. The SMILES string of the molecule is CC.CC.CC.CNCCCCC(F)(F)F.CNCCN(C)C. The Morgan fingerprint density at radius 2 is 1.13 bits per heavy atom. The lowest BCUT2D eigenvalue weighted by molar-refractivity contribution is -0.135. The van der Waals surface area contributed by atoms with Crippen LogP contribution >= 0.6 is 0 Å². The number of likely N-dealkylation sites (N-methyl/N-ethyl adjacent to an activating group) is 2. The van der Waals surface area contributed by atoms with Crippen molar-refractivity contribution in [1.29, 1.82) is 0 Å². The lowest BCUT2D eigenvalue weighted by Crippen LogP contribution is -2.23. The molecule has 0 aliphatic carbocycles. The predicted octanol–water partition coefficient (Wildman–Crippen LogP) is 4.78. The third-order valence-corrected chi connectivity index (χ3v) is 1.95. The zero-order valence-corrected chi connectivity index (χ0v) is 17.3. The van der Waals surface area contributed by atoms with Gasteiger partial charge >= 0.3 is 6.18 Å². The van der Waals surface area contributed by atoms with Gasteiger partial charge in [-0.25, -0.2) is 0 Å². The molecule has 0 aromatic carbocycles. The van der Waals surface area contributed by atoms with Crippen LogP contribution < -0.4 is 10.6 Å². The van der Waals surface area contributed by atoms with Gasteiger partial charge in [0.15, 0.2) is 0 Å². The van der Waals surface area contributed by atoms with Crippen LogP contribution in [-0.4, -0.2) is 58.9 Å². The third kappa shape index (κ3) is 73.6. The zero-order valence-electron chi connectivity index (χ0n) is 17.3. The normalized spacial score (nSPS) is 9.13. The fourth-order valence-electron chi connectivity index (χ4n) is 0.963. The Morgan fingerprint density at radius 3 is 1.35 bits per heavy atom. The summed E-state index contributed by atoms with van der Waals surface area (Å²) in [4.78, 5) is 2.15. The van der Waals surface area contributed by atoms with Crippen molar-refractivity contribution >= 4 is 0 Å². The van der Waals surface area contributed by atoms with Gasteiger partial charge in [0, 0.05) is 19.5 Å². The van der Waals surface area contributed by atoms with Crippen LogP contribution in [0, 0.1) is 0 Å². The molecule has 0 bridgehead atoms. The summed E-state index contributed by atoms with van der Waals surface area (Å²) in [5.41, 5.74) is 0. The van der Waals surface area contributed by atoms with Crippen LogP contribution in [0.3, 0.4) is 0 Å². The minimum Gasteiger partial charge on any atom is -0.320 e. The van der Waals surface area contributed by atoms with Crippen LogP contribution in [0.25, 0.3) is 0 Å². The first kappa shape index (κ1) is 34.1. The summed E-state index contributed by atoms with van der Waals surface area (Å²) >= 11 is 0. The molecule has 0 atom stereocenters. The van der Waals surface area contributed by atoms with E-state index in [0.29, 0.717) is 13.0 Å². The van der Waals surface area contributed by atoms with E-state index in [1.54, 1.807) is 7.05 Å². The molecule has 0 unspecified atom stereocenters. The van der Waals surface area contributed by atoms with Gasteiger partial charge in [0.2, 0.25) is 0 Å². The topological polar surface area (TPSA) is 27.3 Å². The Morgan fingerprint density at radius 1 is 0.739 bits per heavy atom. The molecule has 2 N–H and O–H groups in total. The molecule has 0 spiro atoms. The molecule has 23 heavy (non-hydrogen) atoms. The highest BCUT2D eigenvalue weighted by Gasteiger charge is 2.25. The first-order chi connectivity index (χ1) is 10.8. The van der Waals surface area contributed by atoms with Crippen LogP contribution in [-0.2, 0) is 0 Å². The minimum absolute atomic E-state index is 0.227. The van der Waals surface area contributed by atoms with Gasteiger partial charge in [-0.1, -0.05) is 41.5 Å². The number of rotatable bonds is 7. The highest BCUT2D eigenvalue weighted by atomic mass is 19.4. The fourth-order valence-corrected chi connectivity index (χ4v) is 0.963. The molecule has 0 saturated carbocycles. The van der Waals surface area contributed by atoms with Crippen LogP contribution in [0.4, 0.5) is 13.2 Å². The van der Waals surface area contributed by atoms with Crippen LogP contribution in [0.2, 0.25) is 0 Å². The van der Waals surface area contributed by atoms with Crippen molar-refractivity contribution in [3.05, 3.63) is 0 Å². The Balaban J connectivity index is -0.0000000726. The fraction of sp³-hybridized carbons (Fsp3) is 1.00. The van der Waals surface area contributed by atoms with E-state index in [9.17, 15) is 13.2 Å². The molecule has 0 aliphatic rings. The van der Waals surface area contributed by atoms with E-state index in [1.165, 1.54) is 0 Å². The molecular formula is C17H44F3N3. The summed E-state index contributed by atoms with van der Waals surface area (Å²) < 4.78 is 34.4. The standard InChI is InChI=1S/C6H12F3N.C5H14N2.3C2H6/c1-10-5-3-2-4-6(7,8)9;1-6-4-5-7(2)3;3*1-2/h10H,2-5H2,1H3;6H,4-5H2,1-3H3;3*1-2H3. The quantitative estimate of drug-likeness (QED) is 0.649. The van der Waals surface area contributed by atoms with E-state index >= 15 is 0 Å². The van der Waals surface area contributed by atoms with Gasteiger partial charge in [-0.2, -0.15) is 13.2 Å². The van der Waals surface area contributed by atoms with Crippen molar-refractivity contribution in [3.8, 4) is 0 Å². The maximum Gasteiger partial charge on any atom is 0.389 e. The minimum atomic E-state index is -3.98. The molecular weight excluding hydrogens is 303 g/mol. The molecule has 6 heteroatoms. The van der Waals surface area contributed by atoms with E-state index in [2.05, 4.69) is 29.6 Å². The third-order valence-electron chi connectivity index (χ3n) is 1.95. The van der Waals surface area contributed by atoms with E-state index in [1.807, 2.05) is 48.6 Å². The van der Waals surface area contributed by atoms with Crippen molar-refractivity contribution < 1.29 is 13.2 Å². The lowest BCUT2D eigenvalue weighted by Gasteiger charge is -2.06. The largest absolute Gasteiger partial charge is 0.389 e. The van der Waals surface area contributed by atoms with Gasteiger partial charge in [0.05, 0.1) is 0 Å². The van der Waals surface area contributed by atoms with E-state index < -0.39 is 12.6 Å². The van der Waals surface area contributed by atoms with Gasteiger partial charge in [-0.3, -0.25) is 0 Å². The van der Waals surface area contributed by atoms with Crippen molar-refractivity contribution in [3.63, 3.8) is 0 Å². The molecule has 0 aromatic heterocycles. The monoisotopic (exact) mass is 347 g/mol. The van der Waals surface area contributed by atoms with Crippen molar-refractivity contribution in [2.75, 3.05) is 47.8 Å². The maximum absolute atomic E-state index is 11.5. The first-order valence-electron chi connectivity index (χ1n) is 8.84. The molecule has 0 fully saturated rings. The Bertz CT molecular complexity index is 153. The second kappa shape index (κ2) is 33.3. The number of hydrogen-bond acceptors (Lipinski definition) is 3.